The van der Waals surface area contributed by atoms with Crippen molar-refractivity contribution in [2.45, 2.75) is 19.3 Å². The van der Waals surface area contributed by atoms with E-state index in [2.05, 4.69) is 17.5 Å². The van der Waals surface area contributed by atoms with Gasteiger partial charge in [0.2, 0.25) is 0 Å². The average molecular weight is 148 g/mol. The average Bonchev–Trinajstić information content (AvgIpc) is 2.04. The summed E-state index contributed by atoms with van der Waals surface area (Å²) in [6.45, 7) is 0. The Bertz CT molecular complexity index is 259. The molecule has 58 valence electrons. The molecule has 0 spiro atoms. The second-order valence-electron chi connectivity index (χ2n) is 2.95. The van der Waals surface area contributed by atoms with Crippen molar-refractivity contribution in [2.24, 2.45) is 5.73 Å². The third kappa shape index (κ3) is 1.16. The first-order valence-electron chi connectivity index (χ1n) is 4.00. The van der Waals surface area contributed by atoms with E-state index in [1.807, 2.05) is 6.08 Å². The van der Waals surface area contributed by atoms with E-state index in [0.717, 1.165) is 5.82 Å². The Hall–Kier alpha value is -1.18. The van der Waals surface area contributed by atoms with Crippen LogP contribution in [0.25, 0.3) is 0 Å². The highest BCUT2D eigenvalue weighted by Crippen LogP contribution is 2.24. The van der Waals surface area contributed by atoms with Crippen molar-refractivity contribution in [1.29, 1.82) is 0 Å². The maximum Gasteiger partial charge on any atom is 0.100 e. The van der Waals surface area contributed by atoms with Crippen molar-refractivity contribution in [2.75, 3.05) is 0 Å². The number of fused-ring (bicyclic) bond motifs is 1. The Morgan fingerprint density at radius 3 is 3.18 bits per heavy atom. The molecule has 0 radical (unpaired) electrons. The van der Waals surface area contributed by atoms with Crippen LogP contribution >= 0.6 is 0 Å². The quantitative estimate of drug-likeness (QED) is 0.544. The lowest BCUT2D eigenvalue weighted by molar-refractivity contribution is 0.758. The molecule has 0 aromatic rings. The first-order chi connectivity index (χ1) is 5.36. The molecule has 11 heavy (non-hydrogen) atoms. The van der Waals surface area contributed by atoms with Crippen LogP contribution in [0.2, 0.25) is 0 Å². The number of hydrogen-bond donors (Lipinski definition) is 2. The molecular weight excluding hydrogens is 136 g/mol. The Balaban J connectivity index is 2.32. The number of dihydropyridines is 1. The summed E-state index contributed by atoms with van der Waals surface area (Å²) in [4.78, 5) is 0. The van der Waals surface area contributed by atoms with Crippen molar-refractivity contribution in [3.63, 3.8) is 0 Å². The van der Waals surface area contributed by atoms with Crippen molar-refractivity contribution >= 4 is 0 Å². The van der Waals surface area contributed by atoms with Crippen molar-refractivity contribution in [1.82, 2.24) is 5.32 Å². The fourth-order valence-electron chi connectivity index (χ4n) is 1.50. The first kappa shape index (κ1) is 6.53. The molecule has 1 aliphatic carbocycles. The summed E-state index contributed by atoms with van der Waals surface area (Å²) >= 11 is 0. The van der Waals surface area contributed by atoms with Crippen LogP contribution in [0.5, 0.6) is 0 Å². The van der Waals surface area contributed by atoms with Gasteiger partial charge in [-0.1, -0.05) is 12.2 Å². The molecule has 0 aromatic heterocycles. The topological polar surface area (TPSA) is 38.0 Å². The zero-order valence-electron chi connectivity index (χ0n) is 6.43. The standard InChI is InChI=1S/C9H12N2/c10-9-6-5-7-3-1-2-4-8(7)11-9/h4-6,11H,1-3,10H2. The molecular formula is C9H12N2. The molecule has 2 aliphatic rings. The van der Waals surface area contributed by atoms with Gasteiger partial charge in [0.1, 0.15) is 5.82 Å². The molecule has 1 aliphatic heterocycles. The Morgan fingerprint density at radius 2 is 2.27 bits per heavy atom. The van der Waals surface area contributed by atoms with Gasteiger partial charge in [0, 0.05) is 5.70 Å². The van der Waals surface area contributed by atoms with Crippen LogP contribution in [0, 0.1) is 0 Å². The second-order valence-corrected chi connectivity index (χ2v) is 2.95. The number of rotatable bonds is 0. The minimum Gasteiger partial charge on any atom is -0.385 e. The number of nitrogens with two attached hydrogens (primary N) is 1. The van der Waals surface area contributed by atoms with E-state index in [1.165, 1.54) is 30.5 Å². The van der Waals surface area contributed by atoms with Crippen molar-refractivity contribution in [3.8, 4) is 0 Å². The van der Waals surface area contributed by atoms with Gasteiger partial charge in [-0.2, -0.15) is 0 Å². The molecule has 0 bridgehead atoms. The van der Waals surface area contributed by atoms with E-state index in [4.69, 9.17) is 5.73 Å². The fourth-order valence-corrected chi connectivity index (χ4v) is 1.50. The lowest BCUT2D eigenvalue weighted by Crippen LogP contribution is -2.24. The maximum absolute atomic E-state index is 5.61. The van der Waals surface area contributed by atoms with Gasteiger partial charge >= 0.3 is 0 Å². The lowest BCUT2D eigenvalue weighted by atomic mass is 9.96. The number of allylic oxidation sites excluding steroid dienone is 4. The van der Waals surface area contributed by atoms with Crippen LogP contribution in [0.1, 0.15) is 19.3 Å². The molecule has 0 saturated heterocycles. The molecule has 0 fully saturated rings. The molecule has 2 nitrogen and oxygen atoms in total. The maximum atomic E-state index is 5.61. The molecule has 0 unspecified atom stereocenters. The van der Waals surface area contributed by atoms with E-state index < -0.39 is 0 Å². The smallest absolute Gasteiger partial charge is 0.100 e. The molecule has 1 heterocycles. The summed E-state index contributed by atoms with van der Waals surface area (Å²) in [5.41, 5.74) is 8.22. The third-order valence-electron chi connectivity index (χ3n) is 2.09. The summed E-state index contributed by atoms with van der Waals surface area (Å²) in [7, 11) is 0. The minimum atomic E-state index is 0.752. The summed E-state index contributed by atoms with van der Waals surface area (Å²) in [5, 5.41) is 3.15. The van der Waals surface area contributed by atoms with Crippen LogP contribution in [0.15, 0.2) is 35.3 Å². The molecule has 0 atom stereocenters. The van der Waals surface area contributed by atoms with Crippen LogP contribution in [-0.4, -0.2) is 0 Å². The summed E-state index contributed by atoms with van der Waals surface area (Å²) < 4.78 is 0. The predicted molar refractivity (Wildman–Crippen MR) is 45.4 cm³/mol. The predicted octanol–water partition coefficient (Wildman–Crippen LogP) is 1.38. The van der Waals surface area contributed by atoms with Crippen molar-refractivity contribution < 1.29 is 0 Å². The molecule has 2 heteroatoms. The largest absolute Gasteiger partial charge is 0.385 e. The first-order valence-corrected chi connectivity index (χ1v) is 4.00. The zero-order valence-corrected chi connectivity index (χ0v) is 6.43. The van der Waals surface area contributed by atoms with Gasteiger partial charge in [0.05, 0.1) is 0 Å². The zero-order chi connectivity index (χ0) is 7.68. The van der Waals surface area contributed by atoms with Gasteiger partial charge in [0.25, 0.3) is 0 Å². The monoisotopic (exact) mass is 148 g/mol. The Labute approximate surface area is 66.5 Å². The van der Waals surface area contributed by atoms with E-state index in [0.29, 0.717) is 0 Å². The van der Waals surface area contributed by atoms with Gasteiger partial charge in [-0.25, -0.2) is 0 Å². The van der Waals surface area contributed by atoms with Crippen LogP contribution in [0.4, 0.5) is 0 Å². The second kappa shape index (κ2) is 2.46. The van der Waals surface area contributed by atoms with Crippen LogP contribution in [-0.2, 0) is 0 Å². The van der Waals surface area contributed by atoms with E-state index >= 15 is 0 Å². The van der Waals surface area contributed by atoms with E-state index in [1.54, 1.807) is 0 Å². The Kier molecular flexibility index (Phi) is 1.46. The minimum absolute atomic E-state index is 0.752. The third-order valence-corrected chi connectivity index (χ3v) is 2.09. The molecule has 3 N–H and O–H groups in total. The summed E-state index contributed by atoms with van der Waals surface area (Å²) in [6, 6.07) is 0. The highest BCUT2D eigenvalue weighted by atomic mass is 15.0. The van der Waals surface area contributed by atoms with E-state index in [9.17, 15) is 0 Å². The number of hydrogen-bond acceptors (Lipinski definition) is 2. The van der Waals surface area contributed by atoms with Gasteiger partial charge in [0.15, 0.2) is 0 Å². The summed E-state index contributed by atoms with van der Waals surface area (Å²) in [5.74, 6) is 0.752. The Morgan fingerprint density at radius 1 is 1.36 bits per heavy atom. The molecule has 2 rings (SSSR count). The van der Waals surface area contributed by atoms with Crippen LogP contribution < -0.4 is 11.1 Å². The summed E-state index contributed by atoms with van der Waals surface area (Å²) in [6.07, 6.45) is 9.88. The highest BCUT2D eigenvalue weighted by molar-refractivity contribution is 5.40. The molecule has 0 saturated carbocycles. The molecule has 0 aromatic carbocycles. The number of nitrogens with one attached hydrogen (secondary N) is 1. The molecule has 0 amide bonds. The van der Waals surface area contributed by atoms with Crippen molar-refractivity contribution in [3.05, 3.63) is 35.3 Å². The normalized spacial score (nSPS) is 22.4. The fraction of sp³-hybridized carbons (Fsp3) is 0.333. The van der Waals surface area contributed by atoms with Gasteiger partial charge in [-0.05, 0) is 30.9 Å². The van der Waals surface area contributed by atoms with Crippen LogP contribution in [0.3, 0.4) is 0 Å². The van der Waals surface area contributed by atoms with Gasteiger partial charge < -0.3 is 11.1 Å². The SMILES string of the molecule is NC1=CC=C2CCCC=C2N1. The van der Waals surface area contributed by atoms with Gasteiger partial charge in [-0.3, -0.25) is 0 Å². The van der Waals surface area contributed by atoms with Gasteiger partial charge in [-0.15, -0.1) is 0 Å². The highest BCUT2D eigenvalue weighted by Gasteiger charge is 2.11. The lowest BCUT2D eigenvalue weighted by Gasteiger charge is -2.21. The van der Waals surface area contributed by atoms with E-state index in [-0.39, 0.29) is 0 Å².